The van der Waals surface area contributed by atoms with Crippen molar-refractivity contribution in [2.75, 3.05) is 13.1 Å². The van der Waals surface area contributed by atoms with Crippen molar-refractivity contribution in [3.8, 4) is 0 Å². The zero-order valence-electron chi connectivity index (χ0n) is 12.2. The number of ether oxygens (including phenoxy) is 1. The molecule has 1 aliphatic heterocycles. The summed E-state index contributed by atoms with van der Waals surface area (Å²) >= 11 is 0. The molecule has 1 aromatic rings. The Morgan fingerprint density at radius 3 is 1.88 bits per heavy atom. The van der Waals surface area contributed by atoms with E-state index in [9.17, 15) is 35.5 Å². The van der Waals surface area contributed by atoms with Gasteiger partial charge in [0.1, 0.15) is 12.2 Å². The average molecular weight is 359 g/mol. The Kier molecular flexibility index (Phi) is 5.24. The second-order valence-electron chi connectivity index (χ2n) is 5.21. The Hall–Kier alpha value is -2.00. The number of rotatable bonds is 2. The van der Waals surface area contributed by atoms with Gasteiger partial charge in [0.2, 0.25) is 0 Å². The highest BCUT2D eigenvalue weighted by Crippen LogP contribution is 2.37. The first-order valence-corrected chi connectivity index (χ1v) is 6.98. The minimum Gasteiger partial charge on any atom is -0.444 e. The minimum absolute atomic E-state index is 0.347. The van der Waals surface area contributed by atoms with Crippen LogP contribution in [-0.2, 0) is 17.5 Å². The average Bonchev–Trinajstić information content (AvgIpc) is 2.52. The summed E-state index contributed by atoms with van der Waals surface area (Å²) in [6.45, 7) is -0.530. The van der Waals surface area contributed by atoms with Gasteiger partial charge in [-0.25, -0.2) is 22.4 Å². The third-order valence-electron chi connectivity index (χ3n) is 3.59. The van der Waals surface area contributed by atoms with E-state index in [2.05, 4.69) is 4.74 Å². The lowest BCUT2D eigenvalue weighted by Crippen LogP contribution is -2.36. The van der Waals surface area contributed by atoms with Crippen LogP contribution in [0.3, 0.4) is 0 Å². The maximum Gasteiger partial charge on any atom is 0.422 e. The summed E-state index contributed by atoms with van der Waals surface area (Å²) in [4.78, 5) is 12.9. The first-order valence-electron chi connectivity index (χ1n) is 6.98. The highest BCUT2D eigenvalue weighted by molar-refractivity contribution is 5.67. The van der Waals surface area contributed by atoms with Crippen molar-refractivity contribution in [3.63, 3.8) is 0 Å². The van der Waals surface area contributed by atoms with Crippen LogP contribution in [0.25, 0.3) is 0 Å². The lowest BCUT2D eigenvalue weighted by molar-refractivity contribution is -0.143. The number of carbonyl (C=O) groups excluding carboxylic acids is 1. The van der Waals surface area contributed by atoms with E-state index < -0.39 is 53.3 Å². The van der Waals surface area contributed by atoms with Gasteiger partial charge in [0.25, 0.3) is 0 Å². The number of benzene rings is 1. The van der Waals surface area contributed by atoms with Gasteiger partial charge in [-0.2, -0.15) is 13.2 Å². The fraction of sp³-hybridized carbons (Fsp3) is 0.500. The Morgan fingerprint density at radius 1 is 0.917 bits per heavy atom. The van der Waals surface area contributed by atoms with Gasteiger partial charge < -0.3 is 9.64 Å². The number of amides is 1. The van der Waals surface area contributed by atoms with Crippen LogP contribution in [-0.4, -0.2) is 24.1 Å². The van der Waals surface area contributed by atoms with E-state index in [-0.39, 0.29) is 0 Å². The Labute approximate surface area is 132 Å². The number of piperidine rings is 1. The van der Waals surface area contributed by atoms with Crippen molar-refractivity contribution in [1.29, 1.82) is 0 Å². The van der Waals surface area contributed by atoms with Gasteiger partial charge in [0.15, 0.2) is 23.3 Å². The molecule has 3 nitrogen and oxygen atoms in total. The molecule has 0 saturated carbocycles. The summed E-state index contributed by atoms with van der Waals surface area (Å²) in [5, 5.41) is 0. The molecule has 10 heteroatoms. The molecular weight excluding hydrogens is 347 g/mol. The van der Waals surface area contributed by atoms with E-state index in [0.717, 1.165) is 6.42 Å². The summed E-state index contributed by atoms with van der Waals surface area (Å²) in [6.07, 6.45) is -4.29. The van der Waals surface area contributed by atoms with Crippen molar-refractivity contribution in [2.45, 2.75) is 32.0 Å². The molecule has 0 radical (unpaired) electrons. The van der Waals surface area contributed by atoms with E-state index in [1.807, 2.05) is 0 Å². The third kappa shape index (κ3) is 3.57. The van der Waals surface area contributed by atoms with Crippen LogP contribution in [0.1, 0.15) is 30.4 Å². The molecule has 0 aromatic heterocycles. The standard InChI is InChI=1S/C14H12F7NO2/c15-9-7(6-24-13(23)22-4-2-1-3-5-22)10(16)12(18)8(11(9)17)14(19,20)21/h1-6H2. The quantitative estimate of drug-likeness (QED) is 0.579. The molecule has 0 spiro atoms. The van der Waals surface area contributed by atoms with Crippen molar-refractivity contribution in [1.82, 2.24) is 4.90 Å². The number of likely N-dealkylation sites (tertiary alicyclic amines) is 1. The molecule has 1 aliphatic rings. The van der Waals surface area contributed by atoms with Crippen LogP contribution >= 0.6 is 0 Å². The Morgan fingerprint density at radius 2 is 1.42 bits per heavy atom. The lowest BCUT2D eigenvalue weighted by atomic mass is 10.1. The molecule has 2 rings (SSSR count). The van der Waals surface area contributed by atoms with Crippen molar-refractivity contribution >= 4 is 6.09 Å². The smallest absolute Gasteiger partial charge is 0.422 e. The number of alkyl halides is 3. The van der Waals surface area contributed by atoms with Crippen LogP contribution in [0.15, 0.2) is 0 Å². The van der Waals surface area contributed by atoms with Crippen LogP contribution < -0.4 is 0 Å². The predicted octanol–water partition coefficient (Wildman–Crippen LogP) is 4.38. The van der Waals surface area contributed by atoms with E-state index in [1.54, 1.807) is 0 Å². The summed E-state index contributed by atoms with van der Waals surface area (Å²) in [5.74, 6) is -9.64. The number of carbonyl (C=O) groups is 1. The highest BCUT2D eigenvalue weighted by atomic mass is 19.4. The van der Waals surface area contributed by atoms with Gasteiger partial charge >= 0.3 is 12.3 Å². The van der Waals surface area contributed by atoms with E-state index >= 15 is 0 Å². The molecule has 0 N–H and O–H groups in total. The van der Waals surface area contributed by atoms with Crippen molar-refractivity contribution in [3.05, 3.63) is 34.4 Å². The zero-order valence-corrected chi connectivity index (χ0v) is 12.2. The minimum atomic E-state index is -5.61. The summed E-state index contributed by atoms with van der Waals surface area (Å²) in [6, 6.07) is 0. The van der Waals surface area contributed by atoms with Gasteiger partial charge in [-0.15, -0.1) is 0 Å². The fourth-order valence-corrected chi connectivity index (χ4v) is 2.35. The molecular formula is C14H12F7NO2. The molecule has 134 valence electrons. The molecule has 24 heavy (non-hydrogen) atoms. The third-order valence-corrected chi connectivity index (χ3v) is 3.59. The number of nitrogens with zero attached hydrogens (tertiary/aromatic N) is 1. The van der Waals surface area contributed by atoms with Crippen LogP contribution in [0.2, 0.25) is 0 Å². The molecule has 1 fully saturated rings. The number of halogens is 7. The lowest BCUT2D eigenvalue weighted by Gasteiger charge is -2.25. The second kappa shape index (κ2) is 6.86. The van der Waals surface area contributed by atoms with Crippen LogP contribution in [0.4, 0.5) is 35.5 Å². The Balaban J connectivity index is 2.23. The molecule has 1 saturated heterocycles. The summed E-state index contributed by atoms with van der Waals surface area (Å²) < 4.78 is 96.0. The normalized spacial score (nSPS) is 15.5. The molecule has 0 bridgehead atoms. The maximum absolute atomic E-state index is 13.6. The van der Waals surface area contributed by atoms with Gasteiger partial charge in [0.05, 0.1) is 5.56 Å². The van der Waals surface area contributed by atoms with Crippen molar-refractivity contribution < 1.29 is 40.3 Å². The summed E-state index contributed by atoms with van der Waals surface area (Å²) in [5.41, 5.74) is -4.08. The molecule has 1 heterocycles. The fourth-order valence-electron chi connectivity index (χ4n) is 2.35. The van der Waals surface area contributed by atoms with E-state index in [0.29, 0.717) is 25.9 Å². The Bertz CT molecular complexity index is 610. The van der Waals surface area contributed by atoms with Crippen LogP contribution in [0, 0.1) is 23.3 Å². The number of hydrogen-bond donors (Lipinski definition) is 0. The largest absolute Gasteiger partial charge is 0.444 e. The molecule has 0 unspecified atom stereocenters. The first kappa shape index (κ1) is 18.3. The molecule has 1 aromatic carbocycles. The molecule has 1 amide bonds. The molecule has 0 aliphatic carbocycles. The van der Waals surface area contributed by atoms with Gasteiger partial charge in [-0.1, -0.05) is 0 Å². The predicted molar refractivity (Wildman–Crippen MR) is 66.9 cm³/mol. The van der Waals surface area contributed by atoms with Crippen LogP contribution in [0.5, 0.6) is 0 Å². The molecule has 0 atom stereocenters. The maximum atomic E-state index is 13.6. The van der Waals surface area contributed by atoms with Gasteiger partial charge in [-0.3, -0.25) is 0 Å². The SMILES string of the molecule is O=C(OCc1c(F)c(F)c(C(F)(F)F)c(F)c1F)N1CCCCC1. The number of hydrogen-bond acceptors (Lipinski definition) is 2. The summed E-state index contributed by atoms with van der Waals surface area (Å²) in [7, 11) is 0. The topological polar surface area (TPSA) is 29.5 Å². The van der Waals surface area contributed by atoms with Gasteiger partial charge in [0, 0.05) is 13.1 Å². The monoisotopic (exact) mass is 359 g/mol. The zero-order chi connectivity index (χ0) is 18.1. The van der Waals surface area contributed by atoms with Crippen molar-refractivity contribution in [2.24, 2.45) is 0 Å². The van der Waals surface area contributed by atoms with Gasteiger partial charge in [-0.05, 0) is 19.3 Å². The van der Waals surface area contributed by atoms with E-state index in [1.165, 1.54) is 4.90 Å². The van der Waals surface area contributed by atoms with E-state index in [4.69, 9.17) is 0 Å². The highest BCUT2D eigenvalue weighted by Gasteiger charge is 2.42. The first-order chi connectivity index (χ1) is 11.1. The second-order valence-corrected chi connectivity index (χ2v) is 5.21.